The maximum atomic E-state index is 12.7. The van der Waals surface area contributed by atoms with Gasteiger partial charge >= 0.3 is 5.97 Å². The van der Waals surface area contributed by atoms with Gasteiger partial charge in [0.1, 0.15) is 6.04 Å². The molecule has 0 unspecified atom stereocenters. The number of methoxy groups -OCH3 is 1. The Morgan fingerprint density at radius 2 is 1.92 bits per heavy atom. The van der Waals surface area contributed by atoms with Gasteiger partial charge in [-0.05, 0) is 41.5 Å². The number of nitrogens with two attached hydrogens (primary N) is 1. The number of nitrogens with one attached hydrogen (secondary N) is 1. The number of hydrogen-bond acceptors (Lipinski definition) is 4. The van der Waals surface area contributed by atoms with Crippen molar-refractivity contribution in [1.29, 1.82) is 0 Å². The number of hydrogen-bond donors (Lipinski definition) is 2. The molecule has 0 aliphatic heterocycles. The number of amides is 1. The van der Waals surface area contributed by atoms with Crippen LogP contribution in [0.15, 0.2) is 24.3 Å². The number of anilines is 1. The van der Waals surface area contributed by atoms with Gasteiger partial charge < -0.3 is 15.8 Å². The molecule has 25 heavy (non-hydrogen) atoms. The van der Waals surface area contributed by atoms with Gasteiger partial charge in [0.15, 0.2) is 0 Å². The summed E-state index contributed by atoms with van der Waals surface area (Å²) in [4.78, 5) is 24.7. The molecule has 3 N–H and O–H groups in total. The van der Waals surface area contributed by atoms with Crippen LogP contribution in [0.3, 0.4) is 0 Å². The van der Waals surface area contributed by atoms with E-state index in [9.17, 15) is 9.59 Å². The Hall–Kier alpha value is -2.30. The first-order valence-electron chi connectivity index (χ1n) is 8.51. The summed E-state index contributed by atoms with van der Waals surface area (Å²) >= 11 is 0. The number of benzene rings is 1. The van der Waals surface area contributed by atoms with Crippen LogP contribution >= 0.6 is 0 Å². The quantitative estimate of drug-likeness (QED) is 0.608. The van der Waals surface area contributed by atoms with Crippen LogP contribution in [0.25, 0.3) is 6.08 Å². The van der Waals surface area contributed by atoms with Crippen molar-refractivity contribution in [2.45, 2.75) is 47.1 Å². The second-order valence-corrected chi connectivity index (χ2v) is 7.72. The van der Waals surface area contributed by atoms with Crippen LogP contribution in [0.1, 0.15) is 57.0 Å². The number of carbonyl (C=O) groups is 2. The molecule has 0 saturated carbocycles. The van der Waals surface area contributed by atoms with Crippen LogP contribution in [0.2, 0.25) is 0 Å². The van der Waals surface area contributed by atoms with Gasteiger partial charge in [-0.25, -0.2) is 4.79 Å². The predicted molar refractivity (Wildman–Crippen MR) is 102 cm³/mol. The number of nitrogen functional groups attached to an aromatic ring is 1. The van der Waals surface area contributed by atoms with Gasteiger partial charge in [0.2, 0.25) is 0 Å². The number of esters is 1. The fourth-order valence-corrected chi connectivity index (χ4v) is 2.33. The highest BCUT2D eigenvalue weighted by Crippen LogP contribution is 2.21. The largest absolute Gasteiger partial charge is 0.467 e. The molecule has 1 aromatic carbocycles. The third-order valence-electron chi connectivity index (χ3n) is 3.58. The molecule has 5 heteroatoms. The van der Waals surface area contributed by atoms with E-state index in [1.807, 2.05) is 26.0 Å². The van der Waals surface area contributed by atoms with Gasteiger partial charge in [0.25, 0.3) is 5.91 Å². The third-order valence-corrected chi connectivity index (χ3v) is 3.58. The minimum absolute atomic E-state index is 0.0233. The standard InChI is InChI=1S/C20H30N2O3/c1-13(2)11-17(19(24)25-6)22-18(23)16-8-7-15(21)12-14(16)9-10-20(3,4)5/h7-10,12-13,17H,11,21H2,1-6H3,(H,22,23)/t17-/m0/s1. The number of ether oxygens (including phenoxy) is 1. The highest BCUT2D eigenvalue weighted by Gasteiger charge is 2.24. The van der Waals surface area contributed by atoms with Crippen molar-refractivity contribution in [2.75, 3.05) is 12.8 Å². The van der Waals surface area contributed by atoms with Gasteiger partial charge in [-0.15, -0.1) is 0 Å². The van der Waals surface area contributed by atoms with Gasteiger partial charge in [-0.3, -0.25) is 4.79 Å². The first-order chi connectivity index (χ1) is 11.5. The lowest BCUT2D eigenvalue weighted by molar-refractivity contribution is -0.143. The summed E-state index contributed by atoms with van der Waals surface area (Å²) < 4.78 is 4.80. The summed E-state index contributed by atoms with van der Waals surface area (Å²) in [5.74, 6) is -0.509. The predicted octanol–water partition coefficient (Wildman–Crippen LogP) is 3.65. The average Bonchev–Trinajstić information content (AvgIpc) is 2.50. The van der Waals surface area contributed by atoms with E-state index < -0.39 is 12.0 Å². The zero-order valence-corrected chi connectivity index (χ0v) is 16.1. The van der Waals surface area contributed by atoms with Crippen LogP contribution in [-0.2, 0) is 9.53 Å². The summed E-state index contributed by atoms with van der Waals surface area (Å²) in [6.07, 6.45) is 4.42. The molecule has 0 radical (unpaired) electrons. The van der Waals surface area contributed by atoms with Crippen LogP contribution in [-0.4, -0.2) is 25.0 Å². The number of allylic oxidation sites excluding steroid dienone is 1. The van der Waals surface area contributed by atoms with Crippen LogP contribution < -0.4 is 11.1 Å². The highest BCUT2D eigenvalue weighted by molar-refractivity contribution is 6.00. The lowest BCUT2D eigenvalue weighted by Crippen LogP contribution is -2.42. The third kappa shape index (κ3) is 6.99. The van der Waals surface area contributed by atoms with Gasteiger partial charge in [0.05, 0.1) is 7.11 Å². The first kappa shape index (κ1) is 20.7. The van der Waals surface area contributed by atoms with Crippen molar-refractivity contribution < 1.29 is 14.3 Å². The van der Waals surface area contributed by atoms with E-state index >= 15 is 0 Å². The normalized spacial score (nSPS) is 13.1. The zero-order valence-electron chi connectivity index (χ0n) is 16.1. The summed E-state index contributed by atoms with van der Waals surface area (Å²) in [5.41, 5.74) is 7.62. The van der Waals surface area contributed by atoms with Crippen LogP contribution in [0.4, 0.5) is 5.69 Å². The maximum absolute atomic E-state index is 12.7. The van der Waals surface area contributed by atoms with E-state index in [4.69, 9.17) is 10.5 Å². The van der Waals surface area contributed by atoms with Crippen LogP contribution in [0.5, 0.6) is 0 Å². The molecular weight excluding hydrogens is 316 g/mol. The summed E-state index contributed by atoms with van der Waals surface area (Å²) in [6, 6.07) is 4.44. The van der Waals surface area contributed by atoms with Crippen molar-refractivity contribution in [3.63, 3.8) is 0 Å². The Labute approximate surface area is 150 Å². The molecule has 1 amide bonds. The summed E-state index contributed by atoms with van der Waals surface area (Å²) in [7, 11) is 1.32. The second kappa shape index (κ2) is 8.70. The van der Waals surface area contributed by atoms with Crippen molar-refractivity contribution in [2.24, 2.45) is 11.3 Å². The van der Waals surface area contributed by atoms with Crippen molar-refractivity contribution >= 4 is 23.6 Å². The molecule has 0 aliphatic rings. The molecule has 1 atom stereocenters. The van der Waals surface area contributed by atoms with Crippen molar-refractivity contribution in [3.05, 3.63) is 35.4 Å². The van der Waals surface area contributed by atoms with E-state index in [1.165, 1.54) is 7.11 Å². The monoisotopic (exact) mass is 346 g/mol. The van der Waals surface area contributed by atoms with Gasteiger partial charge in [-0.2, -0.15) is 0 Å². The fraction of sp³-hybridized carbons (Fsp3) is 0.500. The van der Waals surface area contributed by atoms with Crippen LogP contribution in [0, 0.1) is 11.3 Å². The lowest BCUT2D eigenvalue weighted by atomic mass is 9.94. The van der Waals surface area contributed by atoms with E-state index in [0.717, 1.165) is 5.56 Å². The minimum Gasteiger partial charge on any atom is -0.467 e. The van der Waals surface area contributed by atoms with E-state index in [2.05, 4.69) is 26.1 Å². The van der Waals surface area contributed by atoms with Gasteiger partial charge in [-0.1, -0.05) is 46.8 Å². The maximum Gasteiger partial charge on any atom is 0.328 e. The molecule has 0 saturated heterocycles. The second-order valence-electron chi connectivity index (χ2n) is 7.72. The topological polar surface area (TPSA) is 81.4 Å². The Balaban J connectivity index is 3.11. The van der Waals surface area contributed by atoms with E-state index in [-0.39, 0.29) is 17.2 Å². The minimum atomic E-state index is -0.672. The number of carbonyl (C=O) groups excluding carboxylic acids is 2. The Kier molecular flexibility index (Phi) is 7.22. The van der Waals surface area contributed by atoms with E-state index in [0.29, 0.717) is 17.7 Å². The molecule has 0 heterocycles. The smallest absolute Gasteiger partial charge is 0.328 e. The molecule has 0 spiro atoms. The van der Waals surface area contributed by atoms with Crippen molar-refractivity contribution in [3.8, 4) is 0 Å². The first-order valence-corrected chi connectivity index (χ1v) is 8.51. The lowest BCUT2D eigenvalue weighted by Gasteiger charge is -2.19. The summed E-state index contributed by atoms with van der Waals surface area (Å²) in [5, 5.41) is 2.78. The molecule has 138 valence electrons. The summed E-state index contributed by atoms with van der Waals surface area (Å²) in [6.45, 7) is 10.2. The SMILES string of the molecule is COC(=O)[C@H](CC(C)C)NC(=O)c1ccc(N)cc1C=CC(C)(C)C. The van der Waals surface area contributed by atoms with E-state index in [1.54, 1.807) is 18.2 Å². The number of rotatable bonds is 6. The molecule has 5 nitrogen and oxygen atoms in total. The van der Waals surface area contributed by atoms with Crippen molar-refractivity contribution in [1.82, 2.24) is 5.32 Å². The molecule has 0 bridgehead atoms. The molecule has 0 fully saturated rings. The molecule has 0 aliphatic carbocycles. The zero-order chi connectivity index (χ0) is 19.2. The Morgan fingerprint density at radius 3 is 2.44 bits per heavy atom. The van der Waals surface area contributed by atoms with Gasteiger partial charge in [0, 0.05) is 11.3 Å². The molecular formula is C20H30N2O3. The fourth-order valence-electron chi connectivity index (χ4n) is 2.33. The Morgan fingerprint density at radius 1 is 1.28 bits per heavy atom. The molecule has 1 aromatic rings. The highest BCUT2D eigenvalue weighted by atomic mass is 16.5. The Bertz CT molecular complexity index is 643. The molecule has 1 rings (SSSR count). The molecule has 0 aromatic heterocycles. The average molecular weight is 346 g/mol.